The number of nitrogens with zero attached hydrogens (tertiary/aromatic N) is 1. The Morgan fingerprint density at radius 1 is 1.22 bits per heavy atom. The fourth-order valence-electron chi connectivity index (χ4n) is 2.43. The Kier molecular flexibility index (Phi) is 5.31. The number of nitrogens with one attached hydrogen (secondary N) is 1. The van der Waals surface area contributed by atoms with Crippen molar-refractivity contribution in [1.82, 2.24) is 10.3 Å². The number of halogens is 2. The molecule has 0 saturated carbocycles. The second-order valence-corrected chi connectivity index (χ2v) is 5.83. The van der Waals surface area contributed by atoms with Crippen molar-refractivity contribution in [3.63, 3.8) is 0 Å². The minimum absolute atomic E-state index is 0.154. The van der Waals surface area contributed by atoms with Gasteiger partial charge < -0.3 is 14.8 Å². The van der Waals surface area contributed by atoms with E-state index in [-0.39, 0.29) is 18.5 Å². The summed E-state index contributed by atoms with van der Waals surface area (Å²) in [5, 5.41) is 3.63. The van der Waals surface area contributed by atoms with Gasteiger partial charge in [-0.15, -0.1) is 0 Å². The van der Waals surface area contributed by atoms with Crippen molar-refractivity contribution in [3.8, 4) is 11.6 Å². The minimum Gasteiger partial charge on any atom is -0.484 e. The van der Waals surface area contributed by atoms with E-state index in [1.807, 2.05) is 18.2 Å². The Morgan fingerprint density at radius 2 is 2.04 bits per heavy atom. The minimum atomic E-state index is -0.486. The number of ether oxygens (including phenoxy) is 2. The molecule has 1 aliphatic heterocycles. The summed E-state index contributed by atoms with van der Waals surface area (Å²) >= 11 is 5.72. The summed E-state index contributed by atoms with van der Waals surface area (Å²) in [6, 6.07) is 9.83. The third-order valence-electron chi connectivity index (χ3n) is 3.62. The van der Waals surface area contributed by atoms with Crippen molar-refractivity contribution in [2.75, 3.05) is 13.1 Å². The van der Waals surface area contributed by atoms with Crippen LogP contribution in [0.2, 0.25) is 5.02 Å². The van der Waals surface area contributed by atoms with Crippen molar-refractivity contribution in [3.05, 3.63) is 52.9 Å². The molecule has 1 aromatic heterocycles. The third kappa shape index (κ3) is 4.56. The van der Waals surface area contributed by atoms with Crippen LogP contribution in [0.15, 0.2) is 36.4 Å². The number of benzene rings is 1. The van der Waals surface area contributed by atoms with E-state index in [1.165, 1.54) is 12.1 Å². The summed E-state index contributed by atoms with van der Waals surface area (Å²) in [6.45, 7) is 2.09. The lowest BCUT2D eigenvalue weighted by Gasteiger charge is -2.23. The van der Waals surface area contributed by atoms with Gasteiger partial charge in [0.2, 0.25) is 5.88 Å². The van der Waals surface area contributed by atoms with E-state index < -0.39 is 5.82 Å². The summed E-state index contributed by atoms with van der Waals surface area (Å²) in [6.07, 6.45) is 2.13. The molecule has 1 N–H and O–H groups in total. The number of piperidine rings is 1. The van der Waals surface area contributed by atoms with Crippen LogP contribution in [0.1, 0.15) is 18.5 Å². The van der Waals surface area contributed by atoms with Crippen LogP contribution in [0.5, 0.6) is 11.6 Å². The molecule has 3 rings (SSSR count). The van der Waals surface area contributed by atoms with Crippen LogP contribution >= 0.6 is 11.6 Å². The average Bonchev–Trinajstić information content (AvgIpc) is 2.55. The maximum atomic E-state index is 13.7. The third-order valence-corrected chi connectivity index (χ3v) is 3.86. The van der Waals surface area contributed by atoms with Crippen LogP contribution in [-0.4, -0.2) is 24.2 Å². The second-order valence-electron chi connectivity index (χ2n) is 5.40. The van der Waals surface area contributed by atoms with Crippen LogP contribution in [0.3, 0.4) is 0 Å². The van der Waals surface area contributed by atoms with E-state index >= 15 is 0 Å². The molecule has 0 radical (unpaired) electrons. The number of aromatic nitrogens is 1. The van der Waals surface area contributed by atoms with Crippen molar-refractivity contribution >= 4 is 11.6 Å². The first-order valence-electron chi connectivity index (χ1n) is 7.62. The molecule has 0 atom stereocenters. The van der Waals surface area contributed by atoms with E-state index in [4.69, 9.17) is 21.1 Å². The van der Waals surface area contributed by atoms with Gasteiger partial charge in [-0.05, 0) is 50.2 Å². The van der Waals surface area contributed by atoms with Crippen LogP contribution in [0.25, 0.3) is 0 Å². The van der Waals surface area contributed by atoms with Crippen LogP contribution < -0.4 is 14.8 Å². The highest BCUT2D eigenvalue weighted by atomic mass is 35.5. The summed E-state index contributed by atoms with van der Waals surface area (Å²) < 4.78 is 25.0. The quantitative estimate of drug-likeness (QED) is 0.906. The molecule has 6 heteroatoms. The van der Waals surface area contributed by atoms with Gasteiger partial charge in [-0.3, -0.25) is 0 Å². The van der Waals surface area contributed by atoms with Gasteiger partial charge in [-0.25, -0.2) is 9.37 Å². The van der Waals surface area contributed by atoms with E-state index in [1.54, 1.807) is 6.07 Å². The topological polar surface area (TPSA) is 43.4 Å². The maximum Gasteiger partial charge on any atom is 0.213 e. The maximum absolute atomic E-state index is 13.7. The molecule has 1 fully saturated rings. The number of rotatable bonds is 5. The van der Waals surface area contributed by atoms with Gasteiger partial charge in [0.15, 0.2) is 11.6 Å². The van der Waals surface area contributed by atoms with E-state index in [0.717, 1.165) is 25.9 Å². The molecular formula is C17H18ClFN2O2. The molecule has 0 aliphatic carbocycles. The standard InChI is InChI=1S/C17H18ClFN2O2/c18-12-4-5-16(15(19)10-12)22-11-13-2-1-3-17(21-13)23-14-6-8-20-9-7-14/h1-5,10,14,20H,6-9,11H2. The molecule has 0 amide bonds. The molecule has 4 nitrogen and oxygen atoms in total. The van der Waals surface area contributed by atoms with Crippen molar-refractivity contribution in [1.29, 1.82) is 0 Å². The lowest BCUT2D eigenvalue weighted by atomic mass is 10.1. The van der Waals surface area contributed by atoms with Gasteiger partial charge in [0, 0.05) is 11.1 Å². The molecule has 2 heterocycles. The normalized spacial score (nSPS) is 15.4. The van der Waals surface area contributed by atoms with Crippen LogP contribution in [0, 0.1) is 5.82 Å². The van der Waals surface area contributed by atoms with Crippen LogP contribution in [-0.2, 0) is 6.61 Å². The summed E-state index contributed by atoms with van der Waals surface area (Å²) in [4.78, 5) is 4.41. The molecule has 23 heavy (non-hydrogen) atoms. The number of hydrogen-bond donors (Lipinski definition) is 1. The SMILES string of the molecule is Fc1cc(Cl)ccc1OCc1cccc(OC2CCNCC2)n1. The average molecular weight is 337 g/mol. The van der Waals surface area contributed by atoms with Gasteiger partial charge in [0.25, 0.3) is 0 Å². The van der Waals surface area contributed by atoms with E-state index in [2.05, 4.69) is 10.3 Å². The molecule has 1 aliphatic rings. The lowest BCUT2D eigenvalue weighted by Crippen LogP contribution is -2.34. The van der Waals surface area contributed by atoms with Crippen molar-refractivity contribution in [2.24, 2.45) is 0 Å². The first-order valence-corrected chi connectivity index (χ1v) is 7.99. The Hall–Kier alpha value is -1.85. The van der Waals surface area contributed by atoms with Crippen LogP contribution in [0.4, 0.5) is 4.39 Å². The fourth-order valence-corrected chi connectivity index (χ4v) is 2.59. The molecule has 2 aromatic rings. The van der Waals surface area contributed by atoms with Gasteiger partial charge in [-0.2, -0.15) is 0 Å². The predicted molar refractivity (Wildman–Crippen MR) is 86.5 cm³/mol. The summed E-state index contributed by atoms with van der Waals surface area (Å²) in [5.74, 6) is 0.245. The fraction of sp³-hybridized carbons (Fsp3) is 0.353. The van der Waals surface area contributed by atoms with Crippen molar-refractivity contribution in [2.45, 2.75) is 25.6 Å². The molecule has 0 spiro atoms. The number of pyridine rings is 1. The van der Waals surface area contributed by atoms with Gasteiger partial charge in [0.1, 0.15) is 12.7 Å². The zero-order valence-corrected chi connectivity index (χ0v) is 13.4. The van der Waals surface area contributed by atoms with Crippen molar-refractivity contribution < 1.29 is 13.9 Å². The molecule has 1 saturated heterocycles. The monoisotopic (exact) mass is 336 g/mol. The smallest absolute Gasteiger partial charge is 0.213 e. The Bertz CT molecular complexity index is 663. The molecule has 122 valence electrons. The lowest BCUT2D eigenvalue weighted by molar-refractivity contribution is 0.155. The largest absolute Gasteiger partial charge is 0.484 e. The highest BCUT2D eigenvalue weighted by molar-refractivity contribution is 6.30. The Morgan fingerprint density at radius 3 is 2.83 bits per heavy atom. The Balaban J connectivity index is 1.60. The van der Waals surface area contributed by atoms with Gasteiger partial charge in [-0.1, -0.05) is 17.7 Å². The predicted octanol–water partition coefficient (Wildman–Crippen LogP) is 3.58. The van der Waals surface area contributed by atoms with E-state index in [9.17, 15) is 4.39 Å². The number of hydrogen-bond acceptors (Lipinski definition) is 4. The summed E-state index contributed by atoms with van der Waals surface area (Å²) in [7, 11) is 0. The van der Waals surface area contributed by atoms with Gasteiger partial charge >= 0.3 is 0 Å². The van der Waals surface area contributed by atoms with Gasteiger partial charge in [0.05, 0.1) is 5.69 Å². The first-order chi connectivity index (χ1) is 11.2. The molecule has 1 aromatic carbocycles. The first kappa shape index (κ1) is 16.0. The highest BCUT2D eigenvalue weighted by Gasteiger charge is 2.15. The van der Waals surface area contributed by atoms with E-state index in [0.29, 0.717) is 16.6 Å². The zero-order chi connectivity index (χ0) is 16.1. The molecule has 0 unspecified atom stereocenters. The zero-order valence-electron chi connectivity index (χ0n) is 12.6. The second kappa shape index (κ2) is 7.62. The Labute approximate surface area is 139 Å². The molecule has 0 bridgehead atoms. The summed E-state index contributed by atoms with van der Waals surface area (Å²) in [5.41, 5.74) is 0.686. The highest BCUT2D eigenvalue weighted by Crippen LogP contribution is 2.22. The molecular weight excluding hydrogens is 319 g/mol.